The monoisotopic (exact) mass is 472 g/mol. The summed E-state index contributed by atoms with van der Waals surface area (Å²) in [4.78, 5) is 0. The van der Waals surface area contributed by atoms with Gasteiger partial charge in [0.05, 0.1) is 0 Å². The first-order valence-electron chi connectivity index (χ1n) is 9.69. The van der Waals surface area contributed by atoms with E-state index >= 15 is 0 Å². The first-order valence-corrected chi connectivity index (χ1v) is 9.69. The second-order valence-corrected chi connectivity index (χ2v) is 7.08. The molecule has 0 aliphatic carbocycles. The summed E-state index contributed by atoms with van der Waals surface area (Å²) >= 11 is 0. The van der Waals surface area contributed by atoms with Gasteiger partial charge in [-0.25, -0.2) is 13.2 Å². The van der Waals surface area contributed by atoms with Crippen LogP contribution in [-0.4, -0.2) is 6.11 Å². The molecule has 3 aromatic carbocycles. The highest BCUT2D eigenvalue weighted by Crippen LogP contribution is 2.34. The number of hydrogen-bond donors (Lipinski definition) is 0. The van der Waals surface area contributed by atoms with Gasteiger partial charge in [-0.2, -0.15) is 22.0 Å². The molecule has 0 heterocycles. The molecule has 0 unspecified atom stereocenters. The summed E-state index contributed by atoms with van der Waals surface area (Å²) in [5, 5.41) is 0. The van der Waals surface area contributed by atoms with Crippen LogP contribution in [0.5, 0.6) is 5.75 Å². The Balaban J connectivity index is 1.86. The molecule has 0 radical (unpaired) electrons. The summed E-state index contributed by atoms with van der Waals surface area (Å²) in [5.41, 5.74) is 0.541. The van der Waals surface area contributed by atoms with Crippen molar-refractivity contribution in [2.75, 3.05) is 0 Å². The fraction of sp³-hybridized carbons (Fsp3) is 0.167. The van der Waals surface area contributed by atoms with Gasteiger partial charge in [0.1, 0.15) is 23.2 Å². The fourth-order valence-electron chi connectivity index (χ4n) is 3.19. The van der Waals surface area contributed by atoms with Crippen LogP contribution in [0.2, 0.25) is 0 Å². The Hall–Kier alpha value is -3.36. The maximum Gasteiger partial charge on any atom is 0.459 e. The van der Waals surface area contributed by atoms with Crippen LogP contribution in [0.15, 0.2) is 66.5 Å². The van der Waals surface area contributed by atoms with E-state index in [9.17, 15) is 35.1 Å². The normalized spacial score (nSPS) is 11.4. The van der Waals surface area contributed by atoms with E-state index in [0.29, 0.717) is 6.42 Å². The molecule has 0 atom stereocenters. The van der Waals surface area contributed by atoms with Gasteiger partial charge < -0.3 is 4.74 Å². The molecule has 0 aromatic heterocycles. The maximum atomic E-state index is 14.7. The Morgan fingerprint density at radius 2 is 1.30 bits per heavy atom. The standard InChI is InChI=1S/C24H16F8O/c1-2-3-18-20(26)11-15(12-21(18)27)14-6-9-17(19(25)10-14)13-4-7-16(8-5-13)33-24(31,32)22(28)23(29)30/h4-12H,2-3H2,1H3. The highest BCUT2D eigenvalue weighted by Gasteiger charge is 2.42. The molecule has 0 fully saturated rings. The lowest BCUT2D eigenvalue weighted by molar-refractivity contribution is -0.159. The molecule has 0 aliphatic rings. The Bertz CT molecular complexity index is 1160. The first-order chi connectivity index (χ1) is 15.5. The van der Waals surface area contributed by atoms with Gasteiger partial charge in [0.15, 0.2) is 0 Å². The van der Waals surface area contributed by atoms with Crippen molar-refractivity contribution in [3.63, 3.8) is 0 Å². The van der Waals surface area contributed by atoms with E-state index in [1.165, 1.54) is 12.1 Å². The first kappa shape index (κ1) is 24.3. The van der Waals surface area contributed by atoms with Crippen molar-refractivity contribution < 1.29 is 39.9 Å². The summed E-state index contributed by atoms with van der Waals surface area (Å²) in [5.74, 6) is -5.87. The second-order valence-electron chi connectivity index (χ2n) is 7.08. The van der Waals surface area contributed by atoms with Crippen LogP contribution in [0, 0.1) is 17.5 Å². The smallest absolute Gasteiger partial charge is 0.427 e. The fourth-order valence-corrected chi connectivity index (χ4v) is 3.19. The number of benzene rings is 3. The Kier molecular flexibility index (Phi) is 7.09. The van der Waals surface area contributed by atoms with E-state index in [1.54, 1.807) is 6.92 Å². The zero-order valence-corrected chi connectivity index (χ0v) is 17.0. The molecule has 3 rings (SSSR count). The zero-order valence-electron chi connectivity index (χ0n) is 17.0. The minimum Gasteiger partial charge on any atom is -0.427 e. The van der Waals surface area contributed by atoms with Crippen molar-refractivity contribution in [3.8, 4) is 28.0 Å². The molecule has 0 spiro atoms. The molecule has 0 N–H and O–H groups in total. The Morgan fingerprint density at radius 1 is 0.758 bits per heavy atom. The quantitative estimate of drug-likeness (QED) is 0.314. The van der Waals surface area contributed by atoms with Crippen molar-refractivity contribution in [1.29, 1.82) is 0 Å². The number of alkyl halides is 2. The molecule has 0 saturated carbocycles. The summed E-state index contributed by atoms with van der Waals surface area (Å²) in [6.07, 6.45) is -7.30. The predicted octanol–water partition coefficient (Wildman–Crippen LogP) is 8.44. The average Bonchev–Trinajstić information content (AvgIpc) is 2.76. The molecule has 0 aliphatic heterocycles. The third kappa shape index (κ3) is 5.35. The minimum absolute atomic E-state index is 0.0292. The van der Waals surface area contributed by atoms with Crippen LogP contribution in [-0.2, 0) is 6.42 Å². The van der Waals surface area contributed by atoms with Gasteiger partial charge in [-0.3, -0.25) is 0 Å². The minimum atomic E-state index is -4.87. The van der Waals surface area contributed by atoms with Crippen LogP contribution in [0.25, 0.3) is 22.3 Å². The Morgan fingerprint density at radius 3 is 1.82 bits per heavy atom. The van der Waals surface area contributed by atoms with Gasteiger partial charge in [-0.1, -0.05) is 37.6 Å². The lowest BCUT2D eigenvalue weighted by Gasteiger charge is -2.16. The van der Waals surface area contributed by atoms with Gasteiger partial charge in [-0.15, -0.1) is 0 Å². The average molecular weight is 472 g/mol. The number of rotatable bonds is 7. The van der Waals surface area contributed by atoms with Gasteiger partial charge in [0, 0.05) is 11.1 Å². The van der Waals surface area contributed by atoms with Crippen LogP contribution in [0.1, 0.15) is 18.9 Å². The summed E-state index contributed by atoms with van der Waals surface area (Å²) in [6, 6.07) is 10.2. The number of hydrogen-bond acceptors (Lipinski definition) is 1. The van der Waals surface area contributed by atoms with E-state index in [1.807, 2.05) is 0 Å². The molecule has 0 bridgehead atoms. The lowest BCUT2D eigenvalue weighted by atomic mass is 9.97. The van der Waals surface area contributed by atoms with Gasteiger partial charge in [0.2, 0.25) is 0 Å². The molecule has 0 saturated heterocycles. The molecule has 33 heavy (non-hydrogen) atoms. The van der Waals surface area contributed by atoms with Crippen LogP contribution < -0.4 is 4.74 Å². The SMILES string of the molecule is CCCc1c(F)cc(-c2ccc(-c3ccc(OC(F)(F)C(F)=C(F)F)cc3)c(F)c2)cc1F. The highest BCUT2D eigenvalue weighted by molar-refractivity contribution is 5.71. The van der Waals surface area contributed by atoms with Crippen molar-refractivity contribution >= 4 is 0 Å². The summed E-state index contributed by atoms with van der Waals surface area (Å²) < 4.78 is 111. The Labute approximate surface area is 183 Å². The summed E-state index contributed by atoms with van der Waals surface area (Å²) in [6.45, 7) is 1.78. The zero-order chi connectivity index (χ0) is 24.3. The van der Waals surface area contributed by atoms with Crippen molar-refractivity contribution in [1.82, 2.24) is 0 Å². The molecule has 174 valence electrons. The van der Waals surface area contributed by atoms with E-state index in [-0.39, 0.29) is 34.2 Å². The van der Waals surface area contributed by atoms with Crippen molar-refractivity contribution in [2.24, 2.45) is 0 Å². The highest BCUT2D eigenvalue weighted by atomic mass is 19.3. The second kappa shape index (κ2) is 9.64. The molecule has 9 heteroatoms. The molecular weight excluding hydrogens is 456 g/mol. The van der Waals surface area contributed by atoms with Crippen molar-refractivity contribution in [2.45, 2.75) is 25.9 Å². The third-order valence-corrected chi connectivity index (χ3v) is 4.78. The molecular formula is C24H16F8O. The summed E-state index contributed by atoms with van der Waals surface area (Å²) in [7, 11) is 0. The molecule has 1 nitrogen and oxygen atoms in total. The van der Waals surface area contributed by atoms with E-state index in [4.69, 9.17) is 0 Å². The van der Waals surface area contributed by atoms with Gasteiger partial charge >= 0.3 is 12.2 Å². The van der Waals surface area contributed by atoms with Gasteiger partial charge in [-0.05, 0) is 53.4 Å². The molecule has 0 amide bonds. The van der Waals surface area contributed by atoms with E-state index in [0.717, 1.165) is 42.5 Å². The van der Waals surface area contributed by atoms with Crippen LogP contribution >= 0.6 is 0 Å². The number of ether oxygens (including phenoxy) is 1. The predicted molar refractivity (Wildman–Crippen MR) is 107 cm³/mol. The van der Waals surface area contributed by atoms with E-state index < -0.39 is 41.2 Å². The largest absolute Gasteiger partial charge is 0.459 e. The van der Waals surface area contributed by atoms with Gasteiger partial charge in [0.25, 0.3) is 5.83 Å². The lowest BCUT2D eigenvalue weighted by Crippen LogP contribution is -2.26. The van der Waals surface area contributed by atoms with Crippen LogP contribution in [0.4, 0.5) is 35.1 Å². The van der Waals surface area contributed by atoms with Crippen molar-refractivity contribution in [3.05, 3.63) is 89.5 Å². The number of halogens is 8. The molecule has 3 aromatic rings. The topological polar surface area (TPSA) is 9.23 Å². The van der Waals surface area contributed by atoms with Crippen LogP contribution in [0.3, 0.4) is 0 Å². The third-order valence-electron chi connectivity index (χ3n) is 4.78. The van der Waals surface area contributed by atoms with E-state index in [2.05, 4.69) is 4.74 Å². The maximum absolute atomic E-state index is 14.7.